The number of hydrogen-bond acceptors (Lipinski definition) is 6. The average Bonchev–Trinajstić information content (AvgIpc) is 3.41. The number of amides is 1. The van der Waals surface area contributed by atoms with Crippen molar-refractivity contribution in [2.45, 2.75) is 32.2 Å². The minimum atomic E-state index is -0.472. The summed E-state index contributed by atoms with van der Waals surface area (Å²) in [7, 11) is 3.78. The number of hydrogen-bond donors (Lipinski definition) is 1. The first-order valence-corrected chi connectivity index (χ1v) is 15.3. The van der Waals surface area contributed by atoms with E-state index in [0.29, 0.717) is 52.7 Å². The monoisotopic (exact) mass is 594 g/mol. The standard InChI is InChI=1S/C34H37FN7O2/c1-22-27(18-25(35)19-30(22)42-15-14-41-29-7-5-4-6-23(29)17-31(41)34(42)44)24-16-28(33(43)39(3)21-24)37-32-9-8-26(20-36-32)40-12-10-38(2)11-13-40/h8-9,16-21H,1,4-7,10-15H2,2-3H3,(H,36,37). The lowest BCUT2D eigenvalue weighted by Gasteiger charge is -2.33. The second-order valence-electron chi connectivity index (χ2n) is 12.1. The molecule has 5 heterocycles. The highest BCUT2D eigenvalue weighted by Crippen LogP contribution is 2.36. The molecule has 1 radical (unpaired) electrons. The highest BCUT2D eigenvalue weighted by molar-refractivity contribution is 6.07. The van der Waals surface area contributed by atoms with E-state index in [2.05, 4.69) is 38.6 Å². The smallest absolute Gasteiger partial charge is 0.274 e. The molecule has 3 aromatic heterocycles. The van der Waals surface area contributed by atoms with Crippen LogP contribution in [-0.2, 0) is 26.4 Å². The number of anilines is 4. The second-order valence-corrected chi connectivity index (χ2v) is 12.1. The largest absolute Gasteiger partial charge is 0.368 e. The SMILES string of the molecule is [CH2]c1c(-c2cc(Nc3ccc(N4CCN(C)CC4)cn3)c(=O)n(C)c2)cc(F)cc1N1CCn2c(cc3c2CCCC3)C1=O. The van der Waals surface area contributed by atoms with Gasteiger partial charge in [-0.05, 0) is 92.7 Å². The summed E-state index contributed by atoms with van der Waals surface area (Å²) < 4.78 is 18.8. The number of nitrogens with one attached hydrogen (secondary N) is 1. The van der Waals surface area contributed by atoms with E-state index in [1.165, 1.54) is 28.0 Å². The normalized spacial score (nSPS) is 17.0. The van der Waals surface area contributed by atoms with Crippen LogP contribution >= 0.6 is 0 Å². The van der Waals surface area contributed by atoms with Gasteiger partial charge in [0.25, 0.3) is 11.5 Å². The zero-order valence-corrected chi connectivity index (χ0v) is 25.3. The Morgan fingerprint density at radius 1 is 0.932 bits per heavy atom. The van der Waals surface area contributed by atoms with Crippen LogP contribution in [0.2, 0.25) is 0 Å². The molecule has 1 aromatic carbocycles. The summed E-state index contributed by atoms with van der Waals surface area (Å²) in [6.07, 6.45) is 7.75. The number of benzene rings is 1. The van der Waals surface area contributed by atoms with Crippen molar-refractivity contribution in [1.29, 1.82) is 0 Å². The van der Waals surface area contributed by atoms with Crippen LogP contribution in [0.15, 0.2) is 53.6 Å². The van der Waals surface area contributed by atoms with Crippen LogP contribution in [0.1, 0.15) is 40.2 Å². The highest BCUT2D eigenvalue weighted by Gasteiger charge is 2.31. The number of rotatable bonds is 5. The van der Waals surface area contributed by atoms with Crippen molar-refractivity contribution in [2.75, 3.05) is 54.9 Å². The number of nitrogens with zero attached hydrogens (tertiary/aromatic N) is 6. The maximum atomic E-state index is 15.2. The predicted molar refractivity (Wildman–Crippen MR) is 172 cm³/mol. The molecule has 1 fully saturated rings. The molecule has 0 unspecified atom stereocenters. The molecule has 1 N–H and O–H groups in total. The Balaban J connectivity index is 1.18. The van der Waals surface area contributed by atoms with Crippen LogP contribution in [-0.4, -0.2) is 64.7 Å². The third-order valence-corrected chi connectivity index (χ3v) is 9.27. The van der Waals surface area contributed by atoms with E-state index in [1.54, 1.807) is 24.2 Å². The Labute approximate surface area is 256 Å². The summed E-state index contributed by atoms with van der Waals surface area (Å²) in [5, 5.41) is 3.16. The Morgan fingerprint density at radius 3 is 2.50 bits per heavy atom. The molecular weight excluding hydrogens is 557 g/mol. The van der Waals surface area contributed by atoms with Crippen molar-refractivity contribution < 1.29 is 9.18 Å². The van der Waals surface area contributed by atoms with Gasteiger partial charge in [-0.3, -0.25) is 9.59 Å². The fourth-order valence-corrected chi connectivity index (χ4v) is 6.79. The molecule has 0 atom stereocenters. The lowest BCUT2D eigenvalue weighted by molar-refractivity contribution is 0.0964. The van der Waals surface area contributed by atoms with E-state index < -0.39 is 5.82 Å². The lowest BCUT2D eigenvalue weighted by Crippen LogP contribution is -2.44. The lowest BCUT2D eigenvalue weighted by atomic mass is 9.98. The van der Waals surface area contributed by atoms with E-state index in [-0.39, 0.29) is 11.5 Å². The van der Waals surface area contributed by atoms with Gasteiger partial charge in [0.1, 0.15) is 23.0 Å². The Bertz CT molecular complexity index is 1800. The average molecular weight is 595 g/mol. The first-order valence-electron chi connectivity index (χ1n) is 15.3. The van der Waals surface area contributed by atoms with Gasteiger partial charge in [0.15, 0.2) is 0 Å². The Morgan fingerprint density at radius 2 is 1.73 bits per heavy atom. The predicted octanol–water partition coefficient (Wildman–Crippen LogP) is 4.60. The van der Waals surface area contributed by atoms with Gasteiger partial charge in [-0.1, -0.05) is 0 Å². The maximum absolute atomic E-state index is 15.2. The quantitative estimate of drug-likeness (QED) is 0.364. The van der Waals surface area contributed by atoms with Gasteiger partial charge < -0.3 is 29.2 Å². The van der Waals surface area contributed by atoms with Crippen LogP contribution in [0.4, 0.5) is 27.3 Å². The third kappa shape index (κ3) is 5.06. The number of piperazine rings is 1. The molecule has 0 spiro atoms. The molecule has 2 aliphatic heterocycles. The Kier molecular flexibility index (Phi) is 7.24. The van der Waals surface area contributed by atoms with Crippen molar-refractivity contribution in [3.05, 3.63) is 94.4 Å². The van der Waals surface area contributed by atoms with Crippen LogP contribution in [0.25, 0.3) is 11.1 Å². The fraction of sp³-hybridized carbons (Fsp3) is 0.353. The van der Waals surface area contributed by atoms with Crippen molar-refractivity contribution in [2.24, 2.45) is 7.05 Å². The molecule has 9 nitrogen and oxygen atoms in total. The molecule has 1 saturated heterocycles. The number of pyridine rings is 2. The number of halogens is 1. The van der Waals surface area contributed by atoms with Gasteiger partial charge in [0, 0.05) is 63.8 Å². The molecule has 10 heteroatoms. The number of fused-ring (bicyclic) bond motifs is 3. The van der Waals surface area contributed by atoms with Crippen LogP contribution in [0.3, 0.4) is 0 Å². The highest BCUT2D eigenvalue weighted by atomic mass is 19.1. The van der Waals surface area contributed by atoms with Crippen molar-refractivity contribution in [1.82, 2.24) is 19.0 Å². The van der Waals surface area contributed by atoms with Crippen molar-refractivity contribution in [3.63, 3.8) is 0 Å². The molecule has 3 aliphatic rings. The van der Waals surface area contributed by atoms with E-state index in [4.69, 9.17) is 0 Å². The first kappa shape index (κ1) is 28.3. The van der Waals surface area contributed by atoms with Crippen LogP contribution < -0.4 is 20.7 Å². The topological polar surface area (TPSA) is 78.6 Å². The van der Waals surface area contributed by atoms with Gasteiger partial charge >= 0.3 is 0 Å². The zero-order valence-electron chi connectivity index (χ0n) is 25.3. The summed E-state index contributed by atoms with van der Waals surface area (Å²) in [6.45, 7) is 9.28. The van der Waals surface area contributed by atoms with Crippen LogP contribution in [0, 0.1) is 12.7 Å². The summed E-state index contributed by atoms with van der Waals surface area (Å²) in [6, 6.07) is 10.4. The van der Waals surface area contributed by atoms with E-state index in [1.807, 2.05) is 24.4 Å². The maximum Gasteiger partial charge on any atom is 0.274 e. The van der Waals surface area contributed by atoms with Crippen LogP contribution in [0.5, 0.6) is 0 Å². The summed E-state index contributed by atoms with van der Waals surface area (Å²) in [5.41, 5.74) is 6.40. The third-order valence-electron chi connectivity index (χ3n) is 9.27. The molecule has 0 bridgehead atoms. The van der Waals surface area contributed by atoms with Gasteiger partial charge in [-0.25, -0.2) is 9.37 Å². The fourth-order valence-electron chi connectivity index (χ4n) is 6.79. The minimum Gasteiger partial charge on any atom is -0.368 e. The van der Waals surface area contributed by atoms with Gasteiger partial charge in [0.05, 0.1) is 17.6 Å². The Hall–Kier alpha value is -4.44. The number of likely N-dealkylation sites (N-methyl/N-ethyl adjacent to an activating group) is 1. The van der Waals surface area contributed by atoms with Crippen molar-refractivity contribution in [3.8, 4) is 11.1 Å². The molecule has 7 rings (SSSR count). The second kappa shape index (κ2) is 11.2. The van der Waals surface area contributed by atoms with E-state index in [0.717, 1.165) is 57.5 Å². The van der Waals surface area contributed by atoms with Crippen molar-refractivity contribution >= 4 is 28.8 Å². The summed E-state index contributed by atoms with van der Waals surface area (Å²) in [5.74, 6) is -0.0718. The molecule has 227 valence electrons. The van der Waals surface area contributed by atoms with E-state index >= 15 is 4.39 Å². The molecule has 0 saturated carbocycles. The summed E-state index contributed by atoms with van der Waals surface area (Å²) in [4.78, 5) is 37.7. The molecule has 1 aliphatic carbocycles. The number of aromatic nitrogens is 3. The van der Waals surface area contributed by atoms with Gasteiger partial charge in [-0.15, -0.1) is 0 Å². The van der Waals surface area contributed by atoms with Gasteiger partial charge in [-0.2, -0.15) is 0 Å². The molecular formula is C34H37FN7O2. The number of carbonyl (C=O) groups is 1. The van der Waals surface area contributed by atoms with Gasteiger partial charge in [0.2, 0.25) is 0 Å². The molecule has 1 amide bonds. The first-order chi connectivity index (χ1) is 21.3. The zero-order chi connectivity index (χ0) is 30.5. The molecule has 4 aromatic rings. The number of aryl methyl sites for hydroxylation is 2. The summed E-state index contributed by atoms with van der Waals surface area (Å²) >= 11 is 0. The minimum absolute atomic E-state index is 0.138. The van der Waals surface area contributed by atoms with E-state index in [9.17, 15) is 9.59 Å². The molecule has 44 heavy (non-hydrogen) atoms. The number of carbonyl (C=O) groups excluding carboxylic acids is 1.